The summed E-state index contributed by atoms with van der Waals surface area (Å²) in [6.45, 7) is 0. The molecular weight excluding hydrogens is 789 g/mol. The normalized spacial score (nSPS) is 11.4. The molecule has 3 nitrogen and oxygen atoms in total. The molecule has 0 amide bonds. The van der Waals surface area contributed by atoms with Crippen molar-refractivity contribution in [3.05, 3.63) is 255 Å². The van der Waals surface area contributed by atoms with Gasteiger partial charge in [-0.2, -0.15) is 0 Å². The molecule has 2 aromatic heterocycles. The highest BCUT2D eigenvalue weighted by atomic mass is 16.3. The van der Waals surface area contributed by atoms with Crippen molar-refractivity contribution in [2.45, 2.75) is 0 Å². The maximum Gasteiger partial charge on any atom is 0.160 e. The van der Waals surface area contributed by atoms with Crippen LogP contribution in [0.15, 0.2) is 259 Å². The molecule has 0 spiro atoms. The number of aromatic nitrogens is 1. The topological polar surface area (TPSA) is 21.3 Å². The Kier molecular flexibility index (Phi) is 9.50. The minimum absolute atomic E-state index is 0.885. The van der Waals surface area contributed by atoms with Gasteiger partial charge in [-0.25, -0.2) is 0 Å². The standard InChI is InChI=1S/C62H42N2O/c1-5-15-43(16-6-1)45-25-33-51(34-26-45)63(52-35-27-46(28-36-52)44-17-7-2-8-18-44)53-37-29-47(30-38-53)48-31-39-54(40-32-48)64-60(50-21-11-4-12-22-50)59(49-19-9-3-10-20-49)57-42-41-56-55-23-13-14-24-58(55)65-62(56)61(57)64/h1-42H. The van der Waals surface area contributed by atoms with Crippen molar-refractivity contribution in [2.24, 2.45) is 0 Å². The van der Waals surface area contributed by atoms with E-state index in [9.17, 15) is 0 Å². The molecule has 0 atom stereocenters. The Morgan fingerprint density at radius 3 is 1.17 bits per heavy atom. The summed E-state index contributed by atoms with van der Waals surface area (Å²) in [7, 11) is 0. The van der Waals surface area contributed by atoms with Crippen molar-refractivity contribution < 1.29 is 4.42 Å². The summed E-state index contributed by atoms with van der Waals surface area (Å²) in [6, 6.07) is 91.1. The smallest absolute Gasteiger partial charge is 0.160 e. The monoisotopic (exact) mass is 830 g/mol. The van der Waals surface area contributed by atoms with Crippen LogP contribution in [0, 0.1) is 0 Å². The van der Waals surface area contributed by atoms with Crippen LogP contribution in [-0.2, 0) is 0 Å². The van der Waals surface area contributed by atoms with E-state index in [4.69, 9.17) is 4.42 Å². The van der Waals surface area contributed by atoms with Crippen LogP contribution in [0.3, 0.4) is 0 Å². The van der Waals surface area contributed by atoms with Crippen molar-refractivity contribution in [1.29, 1.82) is 0 Å². The second-order valence-electron chi connectivity index (χ2n) is 16.5. The van der Waals surface area contributed by atoms with Gasteiger partial charge < -0.3 is 13.9 Å². The van der Waals surface area contributed by atoms with Crippen molar-refractivity contribution >= 4 is 49.9 Å². The van der Waals surface area contributed by atoms with E-state index in [-0.39, 0.29) is 0 Å². The zero-order valence-corrected chi connectivity index (χ0v) is 35.6. The van der Waals surface area contributed by atoms with Crippen LogP contribution in [-0.4, -0.2) is 4.57 Å². The van der Waals surface area contributed by atoms with E-state index in [0.717, 1.165) is 83.5 Å². The molecule has 0 fully saturated rings. The largest absolute Gasteiger partial charge is 0.454 e. The Morgan fingerprint density at radius 1 is 0.292 bits per heavy atom. The molecule has 0 aliphatic rings. The van der Waals surface area contributed by atoms with E-state index in [1.165, 1.54) is 27.8 Å². The third kappa shape index (κ3) is 6.87. The van der Waals surface area contributed by atoms with E-state index in [0.29, 0.717) is 0 Å². The quantitative estimate of drug-likeness (QED) is 0.144. The first-order valence-corrected chi connectivity index (χ1v) is 22.2. The van der Waals surface area contributed by atoms with Gasteiger partial charge in [0.1, 0.15) is 5.58 Å². The molecule has 0 aliphatic heterocycles. The zero-order valence-electron chi connectivity index (χ0n) is 35.6. The van der Waals surface area contributed by atoms with E-state index < -0.39 is 0 Å². The highest BCUT2D eigenvalue weighted by Crippen LogP contribution is 2.47. The number of hydrogen-bond donors (Lipinski definition) is 0. The third-order valence-electron chi connectivity index (χ3n) is 12.6. The van der Waals surface area contributed by atoms with Gasteiger partial charge in [-0.3, -0.25) is 0 Å². The highest BCUT2D eigenvalue weighted by molar-refractivity contribution is 6.19. The van der Waals surface area contributed by atoms with Gasteiger partial charge in [0, 0.05) is 44.5 Å². The van der Waals surface area contributed by atoms with Gasteiger partial charge >= 0.3 is 0 Å². The lowest BCUT2D eigenvalue weighted by Gasteiger charge is -2.26. The molecule has 0 saturated heterocycles. The summed E-state index contributed by atoms with van der Waals surface area (Å²) in [5.74, 6) is 0. The van der Waals surface area contributed by atoms with Crippen molar-refractivity contribution in [1.82, 2.24) is 4.57 Å². The van der Waals surface area contributed by atoms with Crippen LogP contribution in [0.1, 0.15) is 0 Å². The summed E-state index contributed by atoms with van der Waals surface area (Å²) in [5, 5.41) is 3.37. The van der Waals surface area contributed by atoms with Crippen LogP contribution in [0.2, 0.25) is 0 Å². The van der Waals surface area contributed by atoms with Crippen LogP contribution in [0.5, 0.6) is 0 Å². The molecule has 0 unspecified atom stereocenters. The van der Waals surface area contributed by atoms with Gasteiger partial charge in [0.2, 0.25) is 0 Å². The lowest BCUT2D eigenvalue weighted by molar-refractivity contribution is 0.671. The fourth-order valence-electron chi connectivity index (χ4n) is 9.49. The first-order valence-electron chi connectivity index (χ1n) is 22.2. The zero-order chi connectivity index (χ0) is 43.1. The lowest BCUT2D eigenvalue weighted by atomic mass is 9.98. The summed E-state index contributed by atoms with van der Waals surface area (Å²) in [5.41, 5.74) is 18.8. The van der Waals surface area contributed by atoms with Gasteiger partial charge in [-0.05, 0) is 105 Å². The average Bonchev–Trinajstić information content (AvgIpc) is 3.95. The van der Waals surface area contributed by atoms with Gasteiger partial charge in [-0.15, -0.1) is 0 Å². The highest BCUT2D eigenvalue weighted by Gasteiger charge is 2.25. The van der Waals surface area contributed by atoms with Crippen molar-refractivity contribution in [2.75, 3.05) is 4.90 Å². The fraction of sp³-hybridized carbons (Fsp3) is 0. The van der Waals surface area contributed by atoms with Gasteiger partial charge in [0.25, 0.3) is 0 Å². The Hall–Kier alpha value is -8.66. The number of para-hydroxylation sites is 1. The number of benzene rings is 10. The molecule has 0 bridgehead atoms. The molecule has 2 heterocycles. The maximum atomic E-state index is 6.78. The molecule has 12 aromatic rings. The van der Waals surface area contributed by atoms with E-state index in [2.05, 4.69) is 258 Å². The molecule has 10 aromatic carbocycles. The molecule has 3 heteroatoms. The number of furan rings is 1. The number of nitrogens with zero attached hydrogens (tertiary/aromatic N) is 2. The van der Waals surface area contributed by atoms with E-state index >= 15 is 0 Å². The van der Waals surface area contributed by atoms with Gasteiger partial charge in [-0.1, -0.05) is 194 Å². The minimum Gasteiger partial charge on any atom is -0.454 e. The minimum atomic E-state index is 0.885. The first kappa shape index (κ1) is 38.0. The third-order valence-corrected chi connectivity index (χ3v) is 12.6. The predicted molar refractivity (Wildman–Crippen MR) is 272 cm³/mol. The summed E-state index contributed by atoms with van der Waals surface area (Å²) < 4.78 is 9.19. The van der Waals surface area contributed by atoms with Gasteiger partial charge in [0.15, 0.2) is 5.58 Å². The maximum absolute atomic E-state index is 6.78. The van der Waals surface area contributed by atoms with Crippen molar-refractivity contribution in [3.8, 4) is 61.5 Å². The number of rotatable bonds is 9. The second kappa shape index (κ2) is 16.2. The fourth-order valence-corrected chi connectivity index (χ4v) is 9.49. The van der Waals surface area contributed by atoms with Crippen LogP contribution in [0.4, 0.5) is 17.1 Å². The SMILES string of the molecule is c1ccc(-c2ccc(N(c3ccc(-c4ccccc4)cc3)c3ccc(-c4ccc(-n5c(-c6ccccc6)c(-c6ccccc6)c6ccc7c8ccccc8oc7c65)cc4)cc3)cc2)cc1. The molecule has 306 valence electrons. The second-order valence-corrected chi connectivity index (χ2v) is 16.5. The molecule has 65 heavy (non-hydrogen) atoms. The summed E-state index contributed by atoms with van der Waals surface area (Å²) in [4.78, 5) is 2.34. The van der Waals surface area contributed by atoms with Crippen LogP contribution < -0.4 is 4.90 Å². The lowest BCUT2D eigenvalue weighted by Crippen LogP contribution is -2.09. The predicted octanol–water partition coefficient (Wildman–Crippen LogP) is 17.3. The van der Waals surface area contributed by atoms with E-state index in [1.54, 1.807) is 0 Å². The average molecular weight is 831 g/mol. The van der Waals surface area contributed by atoms with Crippen molar-refractivity contribution in [3.63, 3.8) is 0 Å². The molecule has 0 radical (unpaired) electrons. The number of hydrogen-bond acceptors (Lipinski definition) is 2. The molecule has 0 saturated carbocycles. The first-order chi connectivity index (χ1) is 32.2. The Bertz CT molecular complexity index is 3490. The molecule has 12 rings (SSSR count). The number of anilines is 3. The summed E-state index contributed by atoms with van der Waals surface area (Å²) >= 11 is 0. The Morgan fingerprint density at radius 2 is 0.677 bits per heavy atom. The Labute approximate surface area is 378 Å². The molecule has 0 aliphatic carbocycles. The van der Waals surface area contributed by atoms with Crippen LogP contribution in [0.25, 0.3) is 94.3 Å². The molecule has 0 N–H and O–H groups in total. The molecular formula is C62H42N2O. The number of fused-ring (bicyclic) bond motifs is 5. The van der Waals surface area contributed by atoms with E-state index in [1.807, 2.05) is 6.07 Å². The summed E-state index contributed by atoms with van der Waals surface area (Å²) in [6.07, 6.45) is 0. The van der Waals surface area contributed by atoms with Gasteiger partial charge in [0.05, 0.1) is 11.2 Å². The Balaban J connectivity index is 0.954. The van der Waals surface area contributed by atoms with Crippen LogP contribution >= 0.6 is 0 Å².